The number of hydrogen-bond acceptors (Lipinski definition) is 3. The maximum atomic E-state index is 12.9. The lowest BCUT2D eigenvalue weighted by Gasteiger charge is -2.06. The smallest absolute Gasteiger partial charge is 0.239 e. The highest BCUT2D eigenvalue weighted by atomic mass is 19.1. The summed E-state index contributed by atoms with van der Waals surface area (Å²) >= 11 is 0. The van der Waals surface area contributed by atoms with Crippen molar-refractivity contribution in [2.75, 3.05) is 19.7 Å². The summed E-state index contributed by atoms with van der Waals surface area (Å²) in [5, 5.41) is 13.5. The van der Waals surface area contributed by atoms with Gasteiger partial charge in [-0.3, -0.25) is 9.59 Å². The van der Waals surface area contributed by atoms with Crippen LogP contribution in [-0.2, 0) is 16.0 Å². The van der Waals surface area contributed by atoms with Crippen LogP contribution in [-0.4, -0.2) is 36.6 Å². The molecule has 0 unspecified atom stereocenters. The van der Waals surface area contributed by atoms with Crippen molar-refractivity contribution < 1.29 is 19.1 Å². The minimum absolute atomic E-state index is 0.00616. The number of hydrogen-bond donors (Lipinski definition) is 3. The van der Waals surface area contributed by atoms with Crippen LogP contribution in [0.5, 0.6) is 0 Å². The van der Waals surface area contributed by atoms with Crippen molar-refractivity contribution in [3.05, 3.63) is 35.6 Å². The van der Waals surface area contributed by atoms with Gasteiger partial charge in [-0.1, -0.05) is 12.1 Å². The summed E-state index contributed by atoms with van der Waals surface area (Å²) in [6.07, 6.45) is 0.505. The Morgan fingerprint density at radius 3 is 2.68 bits per heavy atom. The van der Waals surface area contributed by atoms with Crippen LogP contribution in [0.4, 0.5) is 4.39 Å². The molecular formula is C13H17FN2O3. The Kier molecular flexibility index (Phi) is 6.52. The molecule has 0 spiro atoms. The van der Waals surface area contributed by atoms with Crippen LogP contribution in [0, 0.1) is 5.82 Å². The molecule has 0 aliphatic carbocycles. The van der Waals surface area contributed by atoms with Gasteiger partial charge in [-0.15, -0.1) is 0 Å². The fraction of sp³-hybridized carbons (Fsp3) is 0.385. The van der Waals surface area contributed by atoms with Gasteiger partial charge in [0.2, 0.25) is 11.8 Å². The van der Waals surface area contributed by atoms with Crippen molar-refractivity contribution in [3.8, 4) is 0 Å². The standard InChI is InChI=1S/C13H17FN2O3/c14-11-4-1-3-10(7-11)8-12(18)16-9-13(19)15-5-2-6-17/h1,3-4,7,17H,2,5-6,8-9H2,(H,15,19)(H,16,18). The molecule has 6 heteroatoms. The maximum Gasteiger partial charge on any atom is 0.239 e. The van der Waals surface area contributed by atoms with E-state index in [-0.39, 0.29) is 31.4 Å². The molecule has 0 saturated heterocycles. The van der Waals surface area contributed by atoms with Crippen LogP contribution in [0.2, 0.25) is 0 Å². The van der Waals surface area contributed by atoms with Gasteiger partial charge in [-0.05, 0) is 24.1 Å². The van der Waals surface area contributed by atoms with Gasteiger partial charge in [0.25, 0.3) is 0 Å². The van der Waals surface area contributed by atoms with E-state index < -0.39 is 5.82 Å². The SMILES string of the molecule is O=C(CNC(=O)Cc1cccc(F)c1)NCCCO. The molecule has 1 aromatic carbocycles. The first-order valence-corrected chi connectivity index (χ1v) is 6.00. The molecule has 0 radical (unpaired) electrons. The molecule has 19 heavy (non-hydrogen) atoms. The van der Waals surface area contributed by atoms with E-state index in [0.29, 0.717) is 18.5 Å². The highest BCUT2D eigenvalue weighted by Gasteiger charge is 2.06. The van der Waals surface area contributed by atoms with Crippen LogP contribution in [0.3, 0.4) is 0 Å². The first-order valence-electron chi connectivity index (χ1n) is 6.00. The van der Waals surface area contributed by atoms with Gasteiger partial charge in [0.1, 0.15) is 5.82 Å². The second kappa shape index (κ2) is 8.20. The molecule has 5 nitrogen and oxygen atoms in total. The van der Waals surface area contributed by atoms with E-state index in [9.17, 15) is 14.0 Å². The fourth-order valence-electron chi connectivity index (χ4n) is 1.44. The topological polar surface area (TPSA) is 78.4 Å². The molecule has 2 amide bonds. The number of carbonyl (C=O) groups excluding carboxylic acids is 2. The van der Waals surface area contributed by atoms with Gasteiger partial charge in [-0.2, -0.15) is 0 Å². The second-order valence-corrected chi connectivity index (χ2v) is 4.01. The van der Waals surface area contributed by atoms with Gasteiger partial charge in [-0.25, -0.2) is 4.39 Å². The number of nitrogens with one attached hydrogen (secondary N) is 2. The summed E-state index contributed by atoms with van der Waals surface area (Å²) in [5.41, 5.74) is 0.554. The second-order valence-electron chi connectivity index (χ2n) is 4.01. The number of benzene rings is 1. The monoisotopic (exact) mass is 268 g/mol. The Labute approximate surface area is 110 Å². The minimum atomic E-state index is -0.396. The largest absolute Gasteiger partial charge is 0.396 e. The van der Waals surface area contributed by atoms with Crippen LogP contribution in [0.15, 0.2) is 24.3 Å². The maximum absolute atomic E-state index is 12.9. The van der Waals surface area contributed by atoms with Crippen molar-refractivity contribution in [1.29, 1.82) is 0 Å². The molecule has 0 atom stereocenters. The van der Waals surface area contributed by atoms with Crippen LogP contribution in [0.25, 0.3) is 0 Å². The molecule has 3 N–H and O–H groups in total. The van der Waals surface area contributed by atoms with Crippen molar-refractivity contribution in [3.63, 3.8) is 0 Å². The van der Waals surface area contributed by atoms with Crippen molar-refractivity contribution in [2.24, 2.45) is 0 Å². The highest BCUT2D eigenvalue weighted by molar-refractivity contribution is 5.85. The Bertz CT molecular complexity index is 438. The lowest BCUT2D eigenvalue weighted by molar-refractivity contribution is -0.125. The lowest BCUT2D eigenvalue weighted by Crippen LogP contribution is -2.38. The number of rotatable bonds is 7. The zero-order chi connectivity index (χ0) is 14.1. The van der Waals surface area contributed by atoms with Crippen molar-refractivity contribution >= 4 is 11.8 Å². The number of carbonyl (C=O) groups is 2. The Hall–Kier alpha value is -1.95. The molecule has 0 bridgehead atoms. The molecule has 1 rings (SSSR count). The highest BCUT2D eigenvalue weighted by Crippen LogP contribution is 2.03. The van der Waals surface area contributed by atoms with Gasteiger partial charge in [0.15, 0.2) is 0 Å². The summed E-state index contributed by atoms with van der Waals surface area (Å²) in [6, 6.07) is 5.75. The molecular weight excluding hydrogens is 251 g/mol. The molecule has 0 aromatic heterocycles. The molecule has 104 valence electrons. The quantitative estimate of drug-likeness (QED) is 0.608. The van der Waals surface area contributed by atoms with E-state index in [2.05, 4.69) is 10.6 Å². The zero-order valence-corrected chi connectivity index (χ0v) is 10.5. The summed E-state index contributed by atoms with van der Waals surface area (Å²) < 4.78 is 12.9. The van der Waals surface area contributed by atoms with Gasteiger partial charge < -0.3 is 15.7 Å². The number of aliphatic hydroxyl groups excluding tert-OH is 1. The third-order valence-electron chi connectivity index (χ3n) is 2.36. The third kappa shape index (κ3) is 6.52. The summed E-state index contributed by atoms with van der Waals surface area (Å²) in [7, 11) is 0. The van der Waals surface area contributed by atoms with E-state index in [0.717, 1.165) is 0 Å². The average molecular weight is 268 g/mol. The Morgan fingerprint density at radius 1 is 1.21 bits per heavy atom. The van der Waals surface area contributed by atoms with Crippen LogP contribution in [0.1, 0.15) is 12.0 Å². The number of amides is 2. The predicted octanol–water partition coefficient (Wildman–Crippen LogP) is -0.0170. The summed E-state index contributed by atoms with van der Waals surface area (Å²) in [4.78, 5) is 22.8. The van der Waals surface area contributed by atoms with E-state index in [1.165, 1.54) is 18.2 Å². The van der Waals surface area contributed by atoms with Crippen molar-refractivity contribution in [1.82, 2.24) is 10.6 Å². The minimum Gasteiger partial charge on any atom is -0.396 e. The Morgan fingerprint density at radius 2 is 2.00 bits per heavy atom. The molecule has 0 fully saturated rings. The summed E-state index contributed by atoms with van der Waals surface area (Å²) in [6.45, 7) is 0.251. The van der Waals surface area contributed by atoms with E-state index in [1.807, 2.05) is 0 Å². The first-order chi connectivity index (χ1) is 9.11. The molecule has 0 heterocycles. The van der Waals surface area contributed by atoms with Gasteiger partial charge >= 0.3 is 0 Å². The Balaban J connectivity index is 2.26. The number of aliphatic hydroxyl groups is 1. The number of halogens is 1. The van der Waals surface area contributed by atoms with E-state index in [1.54, 1.807) is 6.07 Å². The van der Waals surface area contributed by atoms with Crippen LogP contribution < -0.4 is 10.6 Å². The average Bonchev–Trinajstić information content (AvgIpc) is 2.37. The van der Waals surface area contributed by atoms with E-state index in [4.69, 9.17) is 5.11 Å². The normalized spacial score (nSPS) is 10.0. The van der Waals surface area contributed by atoms with Gasteiger partial charge in [0, 0.05) is 13.2 Å². The van der Waals surface area contributed by atoms with Gasteiger partial charge in [0.05, 0.1) is 13.0 Å². The van der Waals surface area contributed by atoms with Crippen LogP contribution >= 0.6 is 0 Å². The third-order valence-corrected chi connectivity index (χ3v) is 2.36. The van der Waals surface area contributed by atoms with Crippen molar-refractivity contribution in [2.45, 2.75) is 12.8 Å². The zero-order valence-electron chi connectivity index (χ0n) is 10.5. The summed E-state index contributed by atoms with van der Waals surface area (Å²) in [5.74, 6) is -1.06. The molecule has 0 aliphatic rings. The molecule has 0 saturated carbocycles. The fourth-order valence-corrected chi connectivity index (χ4v) is 1.44. The molecule has 0 aliphatic heterocycles. The molecule has 1 aromatic rings. The lowest BCUT2D eigenvalue weighted by atomic mass is 10.1. The first kappa shape index (κ1) is 15.1. The predicted molar refractivity (Wildman–Crippen MR) is 67.8 cm³/mol. The van der Waals surface area contributed by atoms with E-state index >= 15 is 0 Å².